The van der Waals surface area contributed by atoms with Crippen LogP contribution in [-0.4, -0.2) is 33.6 Å². The van der Waals surface area contributed by atoms with Gasteiger partial charge in [0.05, 0.1) is 5.69 Å². The topological polar surface area (TPSA) is 75.7 Å². The number of carbonyl (C=O) groups excluding carboxylic acids is 1. The second kappa shape index (κ2) is 7.26. The highest BCUT2D eigenvalue weighted by Gasteiger charge is 2.33. The summed E-state index contributed by atoms with van der Waals surface area (Å²) < 4.78 is 33.8. The summed E-state index contributed by atoms with van der Waals surface area (Å²) in [6.07, 6.45) is 2.84. The summed E-state index contributed by atoms with van der Waals surface area (Å²) in [6.45, 7) is 3.22. The molecule has 8 heteroatoms. The molecule has 2 aromatic rings. The third-order valence-electron chi connectivity index (χ3n) is 4.95. The molecule has 2 aliphatic rings. The maximum absolute atomic E-state index is 12.7. The average molecular weight is 407 g/mol. The molecule has 6 nitrogen and oxygen atoms in total. The van der Waals surface area contributed by atoms with Crippen molar-refractivity contribution in [1.29, 1.82) is 0 Å². The van der Waals surface area contributed by atoms with Gasteiger partial charge < -0.3 is 9.64 Å². The van der Waals surface area contributed by atoms with Crippen LogP contribution in [-0.2, 0) is 32.4 Å². The second-order valence-electron chi connectivity index (χ2n) is 6.76. The molecule has 1 unspecified atom stereocenters. The first-order valence-corrected chi connectivity index (χ1v) is 11.5. The molecule has 144 valence electrons. The summed E-state index contributed by atoms with van der Waals surface area (Å²) in [7, 11) is -3.63. The lowest BCUT2D eigenvalue weighted by Gasteiger charge is -2.21. The van der Waals surface area contributed by atoms with E-state index in [1.165, 1.54) is 11.3 Å². The first-order valence-electron chi connectivity index (χ1n) is 9.15. The van der Waals surface area contributed by atoms with Gasteiger partial charge in [-0.3, -0.25) is 9.52 Å². The molecule has 3 heterocycles. The Bertz CT molecular complexity index is 962. The van der Waals surface area contributed by atoms with E-state index in [9.17, 15) is 13.2 Å². The summed E-state index contributed by atoms with van der Waals surface area (Å²) in [5.41, 5.74) is 2.29. The van der Waals surface area contributed by atoms with Crippen LogP contribution in [0.4, 0.5) is 11.4 Å². The van der Waals surface area contributed by atoms with E-state index in [1.807, 2.05) is 19.1 Å². The summed E-state index contributed by atoms with van der Waals surface area (Å²) in [4.78, 5) is 15.5. The van der Waals surface area contributed by atoms with Gasteiger partial charge in [-0.05, 0) is 55.5 Å². The highest BCUT2D eigenvalue weighted by atomic mass is 32.2. The van der Waals surface area contributed by atoms with E-state index < -0.39 is 10.0 Å². The van der Waals surface area contributed by atoms with Gasteiger partial charge in [0, 0.05) is 23.7 Å². The van der Waals surface area contributed by atoms with Crippen molar-refractivity contribution < 1.29 is 17.9 Å². The third kappa shape index (κ3) is 3.61. The van der Waals surface area contributed by atoms with E-state index in [0.29, 0.717) is 23.0 Å². The Labute approximate surface area is 163 Å². The molecule has 0 spiro atoms. The molecular formula is C19H22N2O4S2. The van der Waals surface area contributed by atoms with Gasteiger partial charge in [0.2, 0.25) is 0 Å². The fourth-order valence-electron chi connectivity index (χ4n) is 3.52. The lowest BCUT2D eigenvalue weighted by Crippen LogP contribution is -2.37. The first kappa shape index (κ1) is 18.5. The van der Waals surface area contributed by atoms with Gasteiger partial charge >= 0.3 is 0 Å². The minimum absolute atomic E-state index is 0.0305. The fraction of sp³-hybridized carbons (Fsp3) is 0.421. The molecule has 2 aliphatic heterocycles. The van der Waals surface area contributed by atoms with E-state index >= 15 is 0 Å². The molecule has 1 saturated heterocycles. The summed E-state index contributed by atoms with van der Waals surface area (Å²) >= 11 is 1.28. The largest absolute Gasteiger partial charge is 0.368 e. The Balaban J connectivity index is 1.57. The molecule has 1 atom stereocenters. The zero-order chi connectivity index (χ0) is 19.0. The van der Waals surface area contributed by atoms with Crippen LogP contribution in [0.15, 0.2) is 34.5 Å². The van der Waals surface area contributed by atoms with Crippen molar-refractivity contribution in [2.45, 2.75) is 42.9 Å². The number of nitrogens with zero attached hydrogens (tertiary/aromatic N) is 1. The van der Waals surface area contributed by atoms with Crippen LogP contribution in [0, 0.1) is 0 Å². The first-order chi connectivity index (χ1) is 13.0. The van der Waals surface area contributed by atoms with Crippen LogP contribution < -0.4 is 9.62 Å². The molecule has 1 aromatic carbocycles. The van der Waals surface area contributed by atoms with Crippen molar-refractivity contribution >= 4 is 38.6 Å². The molecule has 0 saturated carbocycles. The molecule has 4 rings (SSSR count). The molecular weight excluding hydrogens is 384 g/mol. The Hall–Kier alpha value is -1.90. The van der Waals surface area contributed by atoms with Gasteiger partial charge in [-0.15, -0.1) is 11.3 Å². The highest BCUT2D eigenvalue weighted by Crippen LogP contribution is 2.33. The summed E-state index contributed by atoms with van der Waals surface area (Å²) in [5.74, 6) is -0.0305. The minimum atomic E-state index is -3.63. The van der Waals surface area contributed by atoms with Crippen molar-refractivity contribution in [2.75, 3.05) is 22.8 Å². The van der Waals surface area contributed by atoms with Crippen LogP contribution in [0.1, 0.15) is 30.2 Å². The predicted molar refractivity (Wildman–Crippen MR) is 106 cm³/mol. The van der Waals surface area contributed by atoms with E-state index in [2.05, 4.69) is 4.72 Å². The lowest BCUT2D eigenvalue weighted by atomic mass is 10.1. The molecule has 1 N–H and O–H groups in total. The molecule has 1 amide bonds. The zero-order valence-electron chi connectivity index (χ0n) is 15.1. The quantitative estimate of drug-likeness (QED) is 0.827. The van der Waals surface area contributed by atoms with Crippen molar-refractivity contribution in [3.05, 3.63) is 40.8 Å². The Morgan fingerprint density at radius 2 is 2.19 bits per heavy atom. The molecule has 0 radical (unpaired) electrons. The number of amides is 1. The molecule has 0 bridgehead atoms. The average Bonchev–Trinajstić information content (AvgIpc) is 3.39. The number of ether oxygens (including phenoxy) is 1. The number of thiophene rings is 1. The monoisotopic (exact) mass is 406 g/mol. The number of carbonyl (C=O) groups is 1. The lowest BCUT2D eigenvalue weighted by molar-refractivity contribution is -0.127. The SMILES string of the molecule is CCc1ccc(S(=O)(=O)Nc2ccc3c(c2)N(C(=O)C2CCCO2)CC3)s1. The minimum Gasteiger partial charge on any atom is -0.368 e. The standard InChI is InChI=1S/C19H22N2O4S2/c1-2-15-7-8-18(26-15)27(23,24)20-14-6-5-13-9-10-21(16(13)12-14)19(22)17-4-3-11-25-17/h5-8,12,17,20H,2-4,9-11H2,1H3. The Kier molecular flexibility index (Phi) is 4.96. The predicted octanol–water partition coefficient (Wildman–Crippen LogP) is 3.18. The van der Waals surface area contributed by atoms with E-state index in [1.54, 1.807) is 23.1 Å². The number of nitrogens with one attached hydrogen (secondary N) is 1. The van der Waals surface area contributed by atoms with Crippen molar-refractivity contribution in [2.24, 2.45) is 0 Å². The number of sulfonamides is 1. The van der Waals surface area contributed by atoms with Gasteiger partial charge in [0.15, 0.2) is 0 Å². The number of hydrogen-bond donors (Lipinski definition) is 1. The van der Waals surface area contributed by atoms with E-state index in [0.717, 1.165) is 41.8 Å². The molecule has 0 aliphatic carbocycles. The molecule has 1 aromatic heterocycles. The number of rotatable bonds is 5. The normalized spacial score (nSPS) is 19.3. The number of anilines is 2. The van der Waals surface area contributed by atoms with E-state index in [-0.39, 0.29) is 12.0 Å². The van der Waals surface area contributed by atoms with Crippen LogP contribution in [0.5, 0.6) is 0 Å². The Morgan fingerprint density at radius 3 is 2.89 bits per heavy atom. The molecule has 1 fully saturated rings. The van der Waals surface area contributed by atoms with Crippen LogP contribution >= 0.6 is 11.3 Å². The van der Waals surface area contributed by atoms with Gasteiger partial charge in [0.25, 0.3) is 15.9 Å². The molecule has 27 heavy (non-hydrogen) atoms. The van der Waals surface area contributed by atoms with Crippen molar-refractivity contribution in [1.82, 2.24) is 0 Å². The van der Waals surface area contributed by atoms with Gasteiger partial charge in [-0.25, -0.2) is 8.42 Å². The zero-order valence-corrected chi connectivity index (χ0v) is 16.7. The van der Waals surface area contributed by atoms with Crippen LogP contribution in [0.3, 0.4) is 0 Å². The van der Waals surface area contributed by atoms with Gasteiger partial charge in [-0.1, -0.05) is 13.0 Å². The third-order valence-corrected chi connectivity index (χ3v) is 8.06. The van der Waals surface area contributed by atoms with Crippen molar-refractivity contribution in [3.8, 4) is 0 Å². The second-order valence-corrected chi connectivity index (χ2v) is 9.84. The number of benzene rings is 1. The number of aryl methyl sites for hydroxylation is 1. The highest BCUT2D eigenvalue weighted by molar-refractivity contribution is 7.94. The number of fused-ring (bicyclic) bond motifs is 1. The van der Waals surface area contributed by atoms with E-state index in [4.69, 9.17) is 4.74 Å². The summed E-state index contributed by atoms with van der Waals surface area (Å²) in [6, 6.07) is 8.87. The van der Waals surface area contributed by atoms with Crippen LogP contribution in [0.2, 0.25) is 0 Å². The smallest absolute Gasteiger partial charge is 0.271 e. The van der Waals surface area contributed by atoms with Gasteiger partial charge in [0.1, 0.15) is 10.3 Å². The maximum Gasteiger partial charge on any atom is 0.271 e. The number of hydrogen-bond acceptors (Lipinski definition) is 5. The maximum atomic E-state index is 12.7. The summed E-state index contributed by atoms with van der Waals surface area (Å²) in [5, 5.41) is 0. The van der Waals surface area contributed by atoms with Crippen molar-refractivity contribution in [3.63, 3.8) is 0 Å². The van der Waals surface area contributed by atoms with Crippen LogP contribution in [0.25, 0.3) is 0 Å². The fourth-order valence-corrected chi connectivity index (χ4v) is 5.86. The Morgan fingerprint density at radius 1 is 1.33 bits per heavy atom. The van der Waals surface area contributed by atoms with Gasteiger partial charge in [-0.2, -0.15) is 0 Å².